The summed E-state index contributed by atoms with van der Waals surface area (Å²) in [6.45, 7) is 0.375. The number of benzodiazepines with no additional fused rings is 1. The fourth-order valence-electron chi connectivity index (χ4n) is 3.73. The summed E-state index contributed by atoms with van der Waals surface area (Å²) in [5.74, 6) is 0.638. The number of anilines is 1. The van der Waals surface area contributed by atoms with Gasteiger partial charge in [0, 0.05) is 15.6 Å². The maximum atomic E-state index is 13.6. The van der Waals surface area contributed by atoms with Crippen LogP contribution >= 0.6 is 34.8 Å². The van der Waals surface area contributed by atoms with Crippen molar-refractivity contribution in [3.63, 3.8) is 0 Å². The van der Waals surface area contributed by atoms with E-state index in [-0.39, 0.29) is 11.1 Å². The third-order valence-corrected chi connectivity index (χ3v) is 6.34. The van der Waals surface area contributed by atoms with Gasteiger partial charge in [-0.1, -0.05) is 65.1 Å². The number of ether oxygens (including phenoxy) is 1. The molecule has 0 saturated carbocycles. The van der Waals surface area contributed by atoms with Gasteiger partial charge in [0.25, 0.3) is 5.91 Å². The number of hydrogen-bond acceptors (Lipinski definition) is 3. The molecule has 0 saturated heterocycles. The molecule has 0 spiro atoms. The molecule has 1 aliphatic heterocycles. The molecule has 0 aliphatic carbocycles. The predicted octanol–water partition coefficient (Wildman–Crippen LogP) is 6.54. The number of benzene rings is 3. The van der Waals surface area contributed by atoms with E-state index in [1.54, 1.807) is 24.1 Å². The lowest BCUT2D eigenvalue weighted by Gasteiger charge is -2.25. The molecule has 4 nitrogen and oxygen atoms in total. The topological polar surface area (TPSA) is 41.9 Å². The van der Waals surface area contributed by atoms with Gasteiger partial charge in [-0.15, -0.1) is 0 Å². The summed E-state index contributed by atoms with van der Waals surface area (Å²) in [5, 5.41) is 1.48. The maximum absolute atomic E-state index is 13.6. The van der Waals surface area contributed by atoms with Gasteiger partial charge in [0.15, 0.2) is 0 Å². The Morgan fingerprint density at radius 1 is 1.00 bits per heavy atom. The first-order valence-corrected chi connectivity index (χ1v) is 11.3. The first-order chi connectivity index (χ1) is 15.5. The number of hydrogen-bond donors (Lipinski definition) is 0. The van der Waals surface area contributed by atoms with Crippen LogP contribution in [0, 0.1) is 0 Å². The Balaban J connectivity index is 1.67. The van der Waals surface area contributed by atoms with Crippen molar-refractivity contribution in [3.05, 3.63) is 93.5 Å². The lowest BCUT2D eigenvalue weighted by molar-refractivity contribution is -0.120. The molecule has 0 fully saturated rings. The Hall–Kier alpha value is -2.53. The van der Waals surface area contributed by atoms with Crippen molar-refractivity contribution >= 4 is 51.6 Å². The van der Waals surface area contributed by atoms with Gasteiger partial charge in [-0.2, -0.15) is 0 Å². The molecule has 164 valence electrons. The highest BCUT2D eigenvalue weighted by Crippen LogP contribution is 2.32. The lowest BCUT2D eigenvalue weighted by Crippen LogP contribution is -2.37. The molecule has 0 N–H and O–H groups in total. The summed E-state index contributed by atoms with van der Waals surface area (Å²) in [5.41, 5.74) is 3.26. The predicted molar refractivity (Wildman–Crippen MR) is 132 cm³/mol. The molecular formula is C25H21Cl3N2O2. The fourth-order valence-corrected chi connectivity index (χ4v) is 4.40. The zero-order chi connectivity index (χ0) is 22.7. The van der Waals surface area contributed by atoms with Crippen molar-refractivity contribution in [1.29, 1.82) is 0 Å². The van der Waals surface area contributed by atoms with Gasteiger partial charge in [-0.25, -0.2) is 0 Å². The van der Waals surface area contributed by atoms with E-state index in [4.69, 9.17) is 39.5 Å². The first kappa shape index (κ1) is 22.7. The highest BCUT2D eigenvalue weighted by molar-refractivity contribution is 6.70. The summed E-state index contributed by atoms with van der Waals surface area (Å²) in [4.78, 5) is 19.9. The second-order valence-electron chi connectivity index (χ2n) is 7.50. The van der Waals surface area contributed by atoms with Gasteiger partial charge >= 0.3 is 0 Å². The van der Waals surface area contributed by atoms with Crippen LogP contribution in [0.15, 0.2) is 71.7 Å². The standard InChI is InChI=1S/C25H21Cl3N2O2/c1-32-19-10-6-16(7-11-19)15-30-23-13-9-18(26)14-20(23)24(28)29-22(25(30)31)12-8-17-4-2-3-5-21(17)27/h2-7,9-11,13-14,22H,8,12,15H2,1H3. The van der Waals surface area contributed by atoms with Gasteiger partial charge in [-0.05, 0) is 60.4 Å². The van der Waals surface area contributed by atoms with Crippen molar-refractivity contribution in [2.24, 2.45) is 4.99 Å². The molecule has 1 amide bonds. The fraction of sp³-hybridized carbons (Fsp3) is 0.200. The van der Waals surface area contributed by atoms with E-state index in [9.17, 15) is 4.79 Å². The zero-order valence-electron chi connectivity index (χ0n) is 17.4. The Kier molecular flexibility index (Phi) is 7.04. The van der Waals surface area contributed by atoms with Gasteiger partial charge in [0.05, 0.1) is 19.3 Å². The molecule has 32 heavy (non-hydrogen) atoms. The Morgan fingerprint density at radius 3 is 2.47 bits per heavy atom. The van der Waals surface area contributed by atoms with Gasteiger partial charge in [0.2, 0.25) is 0 Å². The highest BCUT2D eigenvalue weighted by atomic mass is 35.5. The van der Waals surface area contributed by atoms with E-state index in [1.807, 2.05) is 54.6 Å². The van der Waals surface area contributed by atoms with Crippen LogP contribution in [0.4, 0.5) is 5.69 Å². The van der Waals surface area contributed by atoms with E-state index in [1.165, 1.54) is 0 Å². The van der Waals surface area contributed by atoms with Crippen LogP contribution in [0.3, 0.4) is 0 Å². The molecule has 4 rings (SSSR count). The van der Waals surface area contributed by atoms with Crippen molar-refractivity contribution in [2.45, 2.75) is 25.4 Å². The molecule has 0 radical (unpaired) electrons. The summed E-state index contributed by atoms with van der Waals surface area (Å²) < 4.78 is 5.24. The normalized spacial score (nSPS) is 15.8. The monoisotopic (exact) mass is 486 g/mol. The molecule has 1 unspecified atom stereocenters. The van der Waals surface area contributed by atoms with E-state index in [0.717, 1.165) is 16.9 Å². The van der Waals surface area contributed by atoms with Crippen LogP contribution in [0.25, 0.3) is 0 Å². The minimum Gasteiger partial charge on any atom is -0.497 e. The first-order valence-electron chi connectivity index (χ1n) is 10.2. The number of rotatable bonds is 6. The van der Waals surface area contributed by atoms with E-state index in [0.29, 0.717) is 40.7 Å². The number of nitrogens with zero attached hydrogens (tertiary/aromatic N) is 2. The maximum Gasteiger partial charge on any atom is 0.252 e. The molecule has 1 aliphatic rings. The minimum atomic E-state index is -0.636. The number of halogens is 3. The number of methoxy groups -OCH3 is 1. The third-order valence-electron chi connectivity index (χ3n) is 5.44. The molecule has 7 heteroatoms. The molecule has 3 aromatic rings. The molecule has 3 aromatic carbocycles. The summed E-state index contributed by atoms with van der Waals surface area (Å²) in [6, 6.07) is 19.9. The average Bonchev–Trinajstić information content (AvgIpc) is 2.89. The van der Waals surface area contributed by atoms with Crippen LogP contribution < -0.4 is 9.64 Å². The Morgan fingerprint density at radius 2 is 1.75 bits per heavy atom. The second kappa shape index (κ2) is 9.95. The van der Waals surface area contributed by atoms with Crippen LogP contribution in [0.2, 0.25) is 10.0 Å². The van der Waals surface area contributed by atoms with Crippen molar-refractivity contribution < 1.29 is 9.53 Å². The van der Waals surface area contributed by atoms with E-state index >= 15 is 0 Å². The van der Waals surface area contributed by atoms with Crippen molar-refractivity contribution in [2.75, 3.05) is 12.0 Å². The summed E-state index contributed by atoms with van der Waals surface area (Å²) >= 11 is 19.1. The average molecular weight is 488 g/mol. The van der Waals surface area contributed by atoms with Crippen LogP contribution in [0.1, 0.15) is 23.1 Å². The molecule has 0 bridgehead atoms. The molecule has 1 atom stereocenters. The SMILES string of the molecule is COc1ccc(CN2C(=O)C(CCc3ccccc3Cl)N=C(Cl)c3cc(Cl)ccc32)cc1. The smallest absolute Gasteiger partial charge is 0.252 e. The number of fused-ring (bicyclic) bond motifs is 1. The van der Waals surface area contributed by atoms with Crippen molar-refractivity contribution in [3.8, 4) is 5.75 Å². The highest BCUT2D eigenvalue weighted by Gasteiger charge is 2.31. The van der Waals surface area contributed by atoms with Crippen molar-refractivity contribution in [1.82, 2.24) is 0 Å². The Labute approximate surface area is 202 Å². The summed E-state index contributed by atoms with van der Waals surface area (Å²) in [7, 11) is 1.62. The lowest BCUT2D eigenvalue weighted by atomic mass is 10.0. The van der Waals surface area contributed by atoms with Gasteiger partial charge in [-0.3, -0.25) is 9.79 Å². The minimum absolute atomic E-state index is 0.118. The second-order valence-corrected chi connectivity index (χ2v) is 8.70. The quantitative estimate of drug-likeness (QED) is 0.396. The van der Waals surface area contributed by atoms with E-state index < -0.39 is 6.04 Å². The van der Waals surface area contributed by atoms with Gasteiger partial charge in [0.1, 0.15) is 17.0 Å². The number of aryl methyl sites for hydroxylation is 1. The number of carbonyl (C=O) groups is 1. The van der Waals surface area contributed by atoms with Crippen LogP contribution in [0.5, 0.6) is 5.75 Å². The van der Waals surface area contributed by atoms with Crippen LogP contribution in [-0.2, 0) is 17.8 Å². The summed E-state index contributed by atoms with van der Waals surface area (Å²) in [6.07, 6.45) is 1.09. The largest absolute Gasteiger partial charge is 0.497 e. The number of amides is 1. The molecule has 0 aromatic heterocycles. The number of aliphatic imine (C=N–C) groups is 1. The molecule has 1 heterocycles. The van der Waals surface area contributed by atoms with E-state index in [2.05, 4.69) is 4.99 Å². The Bertz CT molecular complexity index is 1160. The van der Waals surface area contributed by atoms with Gasteiger partial charge < -0.3 is 9.64 Å². The third kappa shape index (κ3) is 4.93. The number of carbonyl (C=O) groups excluding carboxylic acids is 1. The zero-order valence-corrected chi connectivity index (χ0v) is 19.7. The van der Waals surface area contributed by atoms with Crippen LogP contribution in [-0.4, -0.2) is 24.2 Å². The molecular weight excluding hydrogens is 467 g/mol.